The van der Waals surface area contributed by atoms with Gasteiger partial charge in [-0.2, -0.15) is 0 Å². The highest BCUT2D eigenvalue weighted by Gasteiger charge is 2.52. The monoisotopic (exact) mass is 963 g/mol. The normalized spacial score (nSPS) is 14.6. The van der Waals surface area contributed by atoms with Gasteiger partial charge in [0.05, 0.1) is 16.2 Å². The summed E-state index contributed by atoms with van der Waals surface area (Å²) in [6.45, 7) is 0. The topological polar surface area (TPSA) is 3.24 Å². The van der Waals surface area contributed by atoms with Crippen LogP contribution in [-0.2, 0) is 16.2 Å². The Kier molecular flexibility index (Phi) is 9.15. The van der Waals surface area contributed by atoms with E-state index in [9.17, 15) is 0 Å². The summed E-state index contributed by atoms with van der Waals surface area (Å²) in [6.07, 6.45) is 0. The van der Waals surface area contributed by atoms with Crippen LogP contribution in [0, 0.1) is 0 Å². The first-order valence-corrected chi connectivity index (χ1v) is 26.7. The third kappa shape index (κ3) is 5.54. The summed E-state index contributed by atoms with van der Waals surface area (Å²) < 4.78 is 0. The molecule has 0 aliphatic heterocycles. The lowest BCUT2D eigenvalue weighted by Gasteiger charge is -2.36. The predicted octanol–water partition coefficient (Wildman–Crippen LogP) is 18.2. The molecule has 76 heavy (non-hydrogen) atoms. The molecule has 0 saturated carbocycles. The van der Waals surface area contributed by atoms with E-state index in [0.717, 1.165) is 17.1 Å². The van der Waals surface area contributed by atoms with E-state index in [1.165, 1.54) is 111 Å². The van der Waals surface area contributed by atoms with Gasteiger partial charge in [0.25, 0.3) is 0 Å². The van der Waals surface area contributed by atoms with Crippen LogP contribution in [0.25, 0.3) is 44.5 Å². The van der Waals surface area contributed by atoms with Crippen molar-refractivity contribution >= 4 is 17.1 Å². The zero-order valence-corrected chi connectivity index (χ0v) is 41.7. The van der Waals surface area contributed by atoms with Gasteiger partial charge in [0.2, 0.25) is 0 Å². The van der Waals surface area contributed by atoms with E-state index in [2.05, 4.69) is 302 Å². The van der Waals surface area contributed by atoms with Crippen LogP contribution in [0.3, 0.4) is 0 Å². The van der Waals surface area contributed by atoms with Gasteiger partial charge in [0, 0.05) is 17.1 Å². The number of anilines is 3. The largest absolute Gasteiger partial charge is 0.310 e. The second kappa shape index (κ2) is 16.2. The van der Waals surface area contributed by atoms with Crippen molar-refractivity contribution in [3.8, 4) is 44.5 Å². The van der Waals surface area contributed by atoms with Crippen molar-refractivity contribution in [3.05, 3.63) is 364 Å². The number of benzene rings is 12. The van der Waals surface area contributed by atoms with Crippen LogP contribution >= 0.6 is 0 Å². The fourth-order valence-electron chi connectivity index (χ4n) is 14.8. The lowest BCUT2D eigenvalue weighted by Crippen LogP contribution is -2.29. The number of nitrogens with zero attached hydrogens (tertiary/aromatic N) is 1. The van der Waals surface area contributed by atoms with Crippen molar-refractivity contribution in [3.63, 3.8) is 0 Å². The van der Waals surface area contributed by atoms with Gasteiger partial charge in [-0.25, -0.2) is 0 Å². The van der Waals surface area contributed by atoms with Crippen molar-refractivity contribution in [2.24, 2.45) is 0 Å². The van der Waals surface area contributed by atoms with Crippen molar-refractivity contribution in [2.75, 3.05) is 4.90 Å². The second-order valence-corrected chi connectivity index (χ2v) is 21.0. The Morgan fingerprint density at radius 1 is 0.171 bits per heavy atom. The van der Waals surface area contributed by atoms with Gasteiger partial charge in [0.15, 0.2) is 0 Å². The molecule has 0 radical (unpaired) electrons. The van der Waals surface area contributed by atoms with Crippen LogP contribution < -0.4 is 4.90 Å². The Bertz CT molecular complexity index is 4030. The summed E-state index contributed by atoms with van der Waals surface area (Å²) in [6, 6.07) is 112. The van der Waals surface area contributed by atoms with Gasteiger partial charge in [-0.15, -0.1) is 0 Å². The SMILES string of the molecule is c1ccc(C2(c3ccc(N(c4ccc5c(c4)C(c4ccccc4)(c4ccccc4)c4ccccc4-5)c4ccc5c(c4)C4(c6ccccc6-c6ccccc64)c4ccccc4-5)cc3)c3ccccc3-c3ccccc32)cc1. The van der Waals surface area contributed by atoms with Crippen LogP contribution in [-0.4, -0.2) is 0 Å². The van der Waals surface area contributed by atoms with Gasteiger partial charge in [-0.3, -0.25) is 0 Å². The number of fused-ring (bicyclic) bond motifs is 16. The van der Waals surface area contributed by atoms with Gasteiger partial charge in [-0.05, 0) is 148 Å². The van der Waals surface area contributed by atoms with Crippen molar-refractivity contribution in [1.82, 2.24) is 0 Å². The van der Waals surface area contributed by atoms with E-state index >= 15 is 0 Å². The molecule has 1 heteroatoms. The molecule has 12 aromatic carbocycles. The van der Waals surface area contributed by atoms with Gasteiger partial charge in [-0.1, -0.05) is 261 Å². The predicted molar refractivity (Wildman–Crippen MR) is 312 cm³/mol. The summed E-state index contributed by atoms with van der Waals surface area (Å²) in [4.78, 5) is 2.53. The average Bonchev–Trinajstić information content (AvgIpc) is 4.35. The molecule has 0 bridgehead atoms. The highest BCUT2D eigenvalue weighted by molar-refractivity contribution is 5.97. The van der Waals surface area contributed by atoms with Crippen LogP contribution in [0.2, 0.25) is 0 Å². The van der Waals surface area contributed by atoms with E-state index in [0.29, 0.717) is 0 Å². The molecule has 0 saturated heterocycles. The summed E-state index contributed by atoms with van der Waals surface area (Å²) in [5.41, 5.74) is 27.5. The molecule has 0 amide bonds. The Hall–Kier alpha value is -9.56. The average molecular weight is 964 g/mol. The fourth-order valence-corrected chi connectivity index (χ4v) is 14.8. The molecule has 354 valence electrons. The summed E-state index contributed by atoms with van der Waals surface area (Å²) in [7, 11) is 0. The molecule has 0 fully saturated rings. The lowest BCUT2D eigenvalue weighted by molar-refractivity contribution is 0.767. The van der Waals surface area contributed by atoms with Crippen LogP contribution in [0.5, 0.6) is 0 Å². The van der Waals surface area contributed by atoms with Crippen molar-refractivity contribution in [1.29, 1.82) is 0 Å². The molecule has 1 spiro atoms. The first-order valence-electron chi connectivity index (χ1n) is 26.7. The smallest absolute Gasteiger partial charge is 0.0726 e. The highest BCUT2D eigenvalue weighted by Crippen LogP contribution is 2.64. The molecule has 4 aliphatic rings. The molecule has 4 aliphatic carbocycles. The van der Waals surface area contributed by atoms with Gasteiger partial charge >= 0.3 is 0 Å². The van der Waals surface area contributed by atoms with E-state index in [1.54, 1.807) is 0 Å². The van der Waals surface area contributed by atoms with Crippen molar-refractivity contribution < 1.29 is 0 Å². The summed E-state index contributed by atoms with van der Waals surface area (Å²) >= 11 is 0. The molecule has 0 heterocycles. The Labute approximate surface area is 444 Å². The van der Waals surface area contributed by atoms with E-state index in [-0.39, 0.29) is 0 Å². The maximum atomic E-state index is 2.53. The molecule has 0 unspecified atom stereocenters. The summed E-state index contributed by atoms with van der Waals surface area (Å²) in [5, 5.41) is 0. The standard InChI is InChI=1S/C75H49N/c1-4-22-50(23-5-1)73(65-34-16-10-28-57(65)58-29-11-17-35-66(58)73)53-40-42-54(43-41-53)76(55-44-46-63-61-32-12-18-36-67(61)74(71(63)48-55,51-24-6-2-7-25-51)52-26-8-3-9-27-52)56-45-47-64-62-33-15-21-39-70(62)75(72(64)49-56)68-37-19-13-30-59(68)60-31-14-20-38-69(60)75/h1-49H. The second-order valence-electron chi connectivity index (χ2n) is 21.0. The zero-order valence-electron chi connectivity index (χ0n) is 41.7. The maximum absolute atomic E-state index is 2.53. The number of hydrogen-bond acceptors (Lipinski definition) is 1. The minimum atomic E-state index is -0.563. The minimum absolute atomic E-state index is 0.495. The third-order valence-corrected chi connectivity index (χ3v) is 17.7. The fraction of sp³-hybridized carbons (Fsp3) is 0.0400. The molecule has 0 N–H and O–H groups in total. The van der Waals surface area contributed by atoms with Crippen LogP contribution in [0.15, 0.2) is 297 Å². The molecule has 0 atom stereocenters. The molecule has 12 aromatic rings. The molecule has 0 aromatic heterocycles. The van der Waals surface area contributed by atoms with Gasteiger partial charge in [0.1, 0.15) is 0 Å². The van der Waals surface area contributed by atoms with E-state index < -0.39 is 16.2 Å². The summed E-state index contributed by atoms with van der Waals surface area (Å²) in [5.74, 6) is 0. The number of rotatable bonds is 7. The molecule has 16 rings (SSSR count). The first-order chi connectivity index (χ1) is 37.7. The van der Waals surface area contributed by atoms with Crippen LogP contribution in [0.4, 0.5) is 17.1 Å². The highest BCUT2D eigenvalue weighted by atomic mass is 15.1. The molecular weight excluding hydrogens is 915 g/mol. The Balaban J connectivity index is 0.963. The van der Waals surface area contributed by atoms with Crippen LogP contribution in [0.1, 0.15) is 66.8 Å². The van der Waals surface area contributed by atoms with E-state index in [1.807, 2.05) is 0 Å². The zero-order chi connectivity index (χ0) is 50.0. The first kappa shape index (κ1) is 42.9. The molecular formula is C75H49N. The Morgan fingerprint density at radius 2 is 0.408 bits per heavy atom. The van der Waals surface area contributed by atoms with E-state index in [4.69, 9.17) is 0 Å². The third-order valence-electron chi connectivity index (χ3n) is 17.7. The quantitative estimate of drug-likeness (QED) is 0.154. The maximum Gasteiger partial charge on any atom is 0.0726 e. The minimum Gasteiger partial charge on any atom is -0.310 e. The lowest BCUT2D eigenvalue weighted by atomic mass is 9.67. The van der Waals surface area contributed by atoms with Gasteiger partial charge < -0.3 is 4.90 Å². The number of hydrogen-bond donors (Lipinski definition) is 0. The molecule has 1 nitrogen and oxygen atoms in total. The van der Waals surface area contributed by atoms with Crippen molar-refractivity contribution in [2.45, 2.75) is 16.2 Å². The Morgan fingerprint density at radius 3 is 0.750 bits per heavy atom.